The van der Waals surface area contributed by atoms with Crippen LogP contribution in [0.3, 0.4) is 0 Å². The Bertz CT molecular complexity index is 363. The third-order valence-electron chi connectivity index (χ3n) is 1.92. The van der Waals surface area contributed by atoms with E-state index in [-0.39, 0.29) is 5.54 Å². The fourth-order valence-corrected chi connectivity index (χ4v) is 1.86. The van der Waals surface area contributed by atoms with Gasteiger partial charge in [0.25, 0.3) is 0 Å². The molecule has 0 saturated heterocycles. The van der Waals surface area contributed by atoms with Crippen LogP contribution in [0.4, 0.5) is 0 Å². The van der Waals surface area contributed by atoms with Gasteiger partial charge in [-0.15, -0.1) is 11.3 Å². The molecular weight excluding hydrogens is 194 g/mol. The molecule has 0 N–H and O–H groups in total. The zero-order chi connectivity index (χ0) is 10.0. The molecule has 0 unspecified atom stereocenters. The lowest BCUT2D eigenvalue weighted by atomic mass is 10.1. The van der Waals surface area contributed by atoms with Crippen LogP contribution in [0.1, 0.15) is 18.7 Å². The van der Waals surface area contributed by atoms with Gasteiger partial charge in [0.1, 0.15) is 6.61 Å². The molecule has 0 aliphatic carbocycles. The Balaban J connectivity index is 2.06. The third-order valence-corrected chi connectivity index (χ3v) is 2.76. The number of thiophene rings is 1. The molecule has 0 amide bonds. The molecule has 0 radical (unpaired) electrons. The predicted molar refractivity (Wildman–Crippen MR) is 60.8 cm³/mol. The van der Waals surface area contributed by atoms with Crippen molar-refractivity contribution in [3.63, 3.8) is 0 Å². The van der Waals surface area contributed by atoms with E-state index in [1.807, 2.05) is 18.2 Å². The second-order valence-corrected chi connectivity index (χ2v) is 4.88. The number of aliphatic imine (C=N–C) groups is 1. The van der Waals surface area contributed by atoms with Crippen molar-refractivity contribution >= 4 is 23.3 Å². The molecule has 2 rings (SSSR count). The minimum atomic E-state index is -0.0604. The first-order valence-electron chi connectivity index (χ1n) is 4.60. The van der Waals surface area contributed by atoms with Crippen LogP contribution in [-0.4, -0.2) is 18.0 Å². The summed E-state index contributed by atoms with van der Waals surface area (Å²) in [5.74, 6) is 0.739. The van der Waals surface area contributed by atoms with Gasteiger partial charge in [-0.2, -0.15) is 0 Å². The van der Waals surface area contributed by atoms with Crippen molar-refractivity contribution in [3.05, 3.63) is 28.5 Å². The van der Waals surface area contributed by atoms with Gasteiger partial charge < -0.3 is 4.74 Å². The van der Waals surface area contributed by atoms with E-state index in [1.54, 1.807) is 11.3 Å². The van der Waals surface area contributed by atoms with Crippen LogP contribution in [-0.2, 0) is 4.74 Å². The Hall–Kier alpha value is -1.09. The summed E-state index contributed by atoms with van der Waals surface area (Å²) in [5.41, 5.74) is -0.0604. The normalized spacial score (nSPS) is 19.7. The summed E-state index contributed by atoms with van der Waals surface area (Å²) in [6.07, 6.45) is 3.96. The summed E-state index contributed by atoms with van der Waals surface area (Å²) in [4.78, 5) is 5.66. The van der Waals surface area contributed by atoms with Crippen LogP contribution in [0.2, 0.25) is 0 Å². The van der Waals surface area contributed by atoms with E-state index in [0.29, 0.717) is 6.61 Å². The first-order chi connectivity index (χ1) is 6.66. The summed E-state index contributed by atoms with van der Waals surface area (Å²) >= 11 is 1.71. The maximum Gasteiger partial charge on any atom is 0.209 e. The molecule has 74 valence electrons. The predicted octanol–water partition coefficient (Wildman–Crippen LogP) is 2.97. The first-order valence-corrected chi connectivity index (χ1v) is 5.48. The average molecular weight is 207 g/mol. The van der Waals surface area contributed by atoms with E-state index >= 15 is 0 Å². The Labute approximate surface area is 87.9 Å². The van der Waals surface area contributed by atoms with Gasteiger partial charge in [0, 0.05) is 11.0 Å². The molecule has 0 spiro atoms. The Morgan fingerprint density at radius 2 is 2.36 bits per heavy atom. The van der Waals surface area contributed by atoms with Gasteiger partial charge in [-0.05, 0) is 31.4 Å². The minimum Gasteiger partial charge on any atom is -0.475 e. The lowest BCUT2D eigenvalue weighted by Gasteiger charge is -2.07. The lowest BCUT2D eigenvalue weighted by Crippen LogP contribution is -2.17. The number of hydrogen-bond donors (Lipinski definition) is 0. The van der Waals surface area contributed by atoms with Gasteiger partial charge >= 0.3 is 0 Å². The zero-order valence-corrected chi connectivity index (χ0v) is 9.17. The Morgan fingerprint density at radius 3 is 2.93 bits per heavy atom. The van der Waals surface area contributed by atoms with Crippen molar-refractivity contribution in [3.8, 4) is 0 Å². The van der Waals surface area contributed by atoms with Crippen LogP contribution >= 0.6 is 11.3 Å². The molecule has 0 fully saturated rings. The minimum absolute atomic E-state index is 0.0604. The Kier molecular flexibility index (Phi) is 2.42. The van der Waals surface area contributed by atoms with Gasteiger partial charge in [-0.1, -0.05) is 6.07 Å². The number of hydrogen-bond acceptors (Lipinski definition) is 3. The summed E-state index contributed by atoms with van der Waals surface area (Å²) in [5, 5.41) is 2.06. The summed E-state index contributed by atoms with van der Waals surface area (Å²) in [6, 6.07) is 4.10. The SMILES string of the molecule is CC1(C)COC(/C=C/c2cccs2)=N1. The average Bonchev–Trinajstić information content (AvgIpc) is 2.70. The van der Waals surface area contributed by atoms with Crippen LogP contribution in [0.15, 0.2) is 28.6 Å². The molecule has 0 atom stereocenters. The standard InChI is InChI=1S/C11H13NOS/c1-11(2)8-13-10(12-11)6-5-9-4-3-7-14-9/h3-7H,8H2,1-2H3/b6-5+. The first kappa shape index (κ1) is 9.46. The molecule has 0 aromatic carbocycles. The third kappa shape index (κ3) is 2.23. The molecule has 2 heterocycles. The summed E-state index contributed by atoms with van der Waals surface area (Å²) < 4.78 is 5.43. The monoisotopic (exact) mass is 207 g/mol. The molecule has 2 nitrogen and oxygen atoms in total. The van der Waals surface area contributed by atoms with Crippen molar-refractivity contribution < 1.29 is 4.74 Å². The van der Waals surface area contributed by atoms with Gasteiger partial charge in [0.15, 0.2) is 0 Å². The molecule has 14 heavy (non-hydrogen) atoms. The topological polar surface area (TPSA) is 21.6 Å². The zero-order valence-electron chi connectivity index (χ0n) is 8.36. The van der Waals surface area contributed by atoms with Crippen molar-refractivity contribution in [2.45, 2.75) is 19.4 Å². The highest BCUT2D eigenvalue weighted by Gasteiger charge is 2.24. The number of ether oxygens (including phenoxy) is 1. The maximum absolute atomic E-state index is 5.43. The van der Waals surface area contributed by atoms with Gasteiger partial charge in [0.05, 0.1) is 5.54 Å². The maximum atomic E-state index is 5.43. The highest BCUT2D eigenvalue weighted by atomic mass is 32.1. The highest BCUT2D eigenvalue weighted by Crippen LogP contribution is 2.18. The largest absolute Gasteiger partial charge is 0.475 e. The quantitative estimate of drug-likeness (QED) is 0.730. The molecule has 1 aromatic rings. The number of nitrogens with zero attached hydrogens (tertiary/aromatic N) is 1. The van der Waals surface area contributed by atoms with Crippen LogP contribution in [0.25, 0.3) is 6.08 Å². The highest BCUT2D eigenvalue weighted by molar-refractivity contribution is 7.10. The van der Waals surface area contributed by atoms with Crippen LogP contribution in [0.5, 0.6) is 0 Å². The summed E-state index contributed by atoms with van der Waals surface area (Å²) in [7, 11) is 0. The second kappa shape index (κ2) is 3.58. The fraction of sp³-hybridized carbons (Fsp3) is 0.364. The summed E-state index contributed by atoms with van der Waals surface area (Å²) in [6.45, 7) is 4.81. The molecule has 0 bridgehead atoms. The van der Waals surface area contributed by atoms with Gasteiger partial charge in [-0.3, -0.25) is 0 Å². The van der Waals surface area contributed by atoms with E-state index in [0.717, 1.165) is 5.90 Å². The molecule has 0 saturated carbocycles. The van der Waals surface area contributed by atoms with Crippen LogP contribution < -0.4 is 0 Å². The second-order valence-electron chi connectivity index (χ2n) is 3.90. The molecule has 3 heteroatoms. The smallest absolute Gasteiger partial charge is 0.209 e. The molecule has 1 aliphatic heterocycles. The van der Waals surface area contributed by atoms with Crippen molar-refractivity contribution in [1.82, 2.24) is 0 Å². The van der Waals surface area contributed by atoms with Crippen molar-refractivity contribution in [2.24, 2.45) is 4.99 Å². The van der Waals surface area contributed by atoms with Gasteiger partial charge in [0.2, 0.25) is 5.90 Å². The van der Waals surface area contributed by atoms with Gasteiger partial charge in [-0.25, -0.2) is 4.99 Å². The molecule has 1 aliphatic rings. The van der Waals surface area contributed by atoms with E-state index in [1.165, 1.54) is 4.88 Å². The van der Waals surface area contributed by atoms with E-state index in [4.69, 9.17) is 4.74 Å². The number of rotatable bonds is 2. The molecular formula is C11H13NOS. The van der Waals surface area contributed by atoms with E-state index in [2.05, 4.69) is 30.3 Å². The van der Waals surface area contributed by atoms with E-state index in [9.17, 15) is 0 Å². The van der Waals surface area contributed by atoms with Crippen molar-refractivity contribution in [2.75, 3.05) is 6.61 Å². The molecule has 1 aromatic heterocycles. The Morgan fingerprint density at radius 1 is 1.50 bits per heavy atom. The lowest BCUT2D eigenvalue weighted by molar-refractivity contribution is 0.280. The fourth-order valence-electron chi connectivity index (χ4n) is 1.24. The van der Waals surface area contributed by atoms with Crippen molar-refractivity contribution in [1.29, 1.82) is 0 Å². The van der Waals surface area contributed by atoms with E-state index < -0.39 is 0 Å². The van der Waals surface area contributed by atoms with Crippen LogP contribution in [0, 0.1) is 0 Å².